The summed E-state index contributed by atoms with van der Waals surface area (Å²) in [4.78, 5) is 40.4. The van der Waals surface area contributed by atoms with Crippen molar-refractivity contribution in [1.29, 1.82) is 0 Å². The molecule has 32 heavy (non-hydrogen) atoms. The molecule has 2 aromatic heterocycles. The molecule has 4 aromatic rings. The largest absolute Gasteiger partial charge is 0.326 e. The summed E-state index contributed by atoms with van der Waals surface area (Å²) in [5.74, 6) is -1.06. The van der Waals surface area contributed by atoms with Crippen LogP contribution in [0.4, 0.5) is 16.0 Å². The van der Waals surface area contributed by atoms with Crippen molar-refractivity contribution in [3.8, 4) is 11.3 Å². The zero-order valence-electron chi connectivity index (χ0n) is 17.0. The standard InChI is InChI=1S/C22H18FN5O3S/c1-13(29)24-17-8-4-14(5-9-17)18-12-32-22-26-21(27-28(18)22)25-20(31)11-10-19(30)15-2-6-16(23)7-3-15/h2-9,12H,10-11H2,1H3,(H,24,29)(H,25,27,31). The number of carbonyl (C=O) groups is 3. The number of nitrogens with one attached hydrogen (secondary N) is 2. The fraction of sp³-hybridized carbons (Fsp3) is 0.136. The van der Waals surface area contributed by atoms with Gasteiger partial charge in [0.1, 0.15) is 5.82 Å². The van der Waals surface area contributed by atoms with Crippen LogP contribution >= 0.6 is 11.3 Å². The van der Waals surface area contributed by atoms with Crippen LogP contribution in [0.5, 0.6) is 0 Å². The van der Waals surface area contributed by atoms with E-state index in [2.05, 4.69) is 20.7 Å². The molecule has 2 N–H and O–H groups in total. The Labute approximate surface area is 186 Å². The first-order chi connectivity index (χ1) is 15.4. The number of benzene rings is 2. The summed E-state index contributed by atoms with van der Waals surface area (Å²) < 4.78 is 14.6. The third-order valence-corrected chi connectivity index (χ3v) is 5.40. The first-order valence-corrected chi connectivity index (χ1v) is 10.6. The van der Waals surface area contributed by atoms with Crippen molar-refractivity contribution in [3.05, 3.63) is 65.3 Å². The Morgan fingerprint density at radius 1 is 1.00 bits per heavy atom. The molecule has 2 heterocycles. The fourth-order valence-corrected chi connectivity index (χ4v) is 3.89. The Hall–Kier alpha value is -3.92. The van der Waals surface area contributed by atoms with Crippen LogP contribution in [0.1, 0.15) is 30.1 Å². The van der Waals surface area contributed by atoms with Crippen molar-refractivity contribution < 1.29 is 18.8 Å². The van der Waals surface area contributed by atoms with Gasteiger partial charge in [-0.1, -0.05) is 12.1 Å². The van der Waals surface area contributed by atoms with Crippen LogP contribution in [0.25, 0.3) is 16.2 Å². The molecule has 0 unspecified atom stereocenters. The highest BCUT2D eigenvalue weighted by Gasteiger charge is 2.15. The van der Waals surface area contributed by atoms with Gasteiger partial charge in [-0.3, -0.25) is 19.7 Å². The van der Waals surface area contributed by atoms with Crippen LogP contribution in [0.2, 0.25) is 0 Å². The van der Waals surface area contributed by atoms with E-state index in [1.165, 1.54) is 42.5 Å². The number of nitrogens with zero attached hydrogens (tertiary/aromatic N) is 3. The normalized spacial score (nSPS) is 10.8. The number of halogens is 1. The van der Waals surface area contributed by atoms with Gasteiger partial charge in [0.05, 0.1) is 5.69 Å². The van der Waals surface area contributed by atoms with Gasteiger partial charge in [0.15, 0.2) is 5.78 Å². The second-order valence-electron chi connectivity index (χ2n) is 6.99. The summed E-state index contributed by atoms with van der Waals surface area (Å²) in [6.07, 6.45) is -0.0495. The Bertz CT molecular complexity index is 1300. The smallest absolute Gasteiger partial charge is 0.250 e. The summed E-state index contributed by atoms with van der Waals surface area (Å²) >= 11 is 1.37. The van der Waals surface area contributed by atoms with Crippen molar-refractivity contribution >= 4 is 45.5 Å². The Balaban J connectivity index is 1.40. The molecule has 4 rings (SSSR count). The van der Waals surface area contributed by atoms with Gasteiger partial charge in [-0.25, -0.2) is 8.91 Å². The van der Waals surface area contributed by atoms with Gasteiger partial charge < -0.3 is 5.32 Å². The van der Waals surface area contributed by atoms with Gasteiger partial charge in [0.25, 0.3) is 0 Å². The van der Waals surface area contributed by atoms with E-state index in [1.807, 2.05) is 17.5 Å². The van der Waals surface area contributed by atoms with E-state index in [1.54, 1.807) is 16.6 Å². The summed E-state index contributed by atoms with van der Waals surface area (Å²) in [6, 6.07) is 12.5. The summed E-state index contributed by atoms with van der Waals surface area (Å²) in [5, 5.41) is 11.6. The summed E-state index contributed by atoms with van der Waals surface area (Å²) in [5.41, 5.74) is 2.71. The van der Waals surface area contributed by atoms with Crippen molar-refractivity contribution in [2.24, 2.45) is 0 Å². The van der Waals surface area contributed by atoms with Gasteiger partial charge in [-0.05, 0) is 36.4 Å². The maximum atomic E-state index is 13.0. The van der Waals surface area contributed by atoms with Gasteiger partial charge in [0.2, 0.25) is 22.7 Å². The van der Waals surface area contributed by atoms with Gasteiger partial charge >= 0.3 is 0 Å². The molecule has 0 atom stereocenters. The first-order valence-electron chi connectivity index (χ1n) is 9.70. The van der Waals surface area contributed by atoms with E-state index in [0.717, 1.165) is 11.3 Å². The summed E-state index contributed by atoms with van der Waals surface area (Å²) in [6.45, 7) is 1.44. The number of aromatic nitrogens is 3. The monoisotopic (exact) mass is 451 g/mol. The van der Waals surface area contributed by atoms with Gasteiger partial charge in [0, 0.05) is 42.0 Å². The van der Waals surface area contributed by atoms with Crippen LogP contribution in [0.3, 0.4) is 0 Å². The molecule has 2 aromatic carbocycles. The molecule has 0 fully saturated rings. The third kappa shape index (κ3) is 4.86. The molecule has 0 bridgehead atoms. The van der Waals surface area contributed by atoms with E-state index in [4.69, 9.17) is 0 Å². The highest BCUT2D eigenvalue weighted by Crippen LogP contribution is 2.27. The Morgan fingerprint density at radius 2 is 1.72 bits per heavy atom. The minimum absolute atomic E-state index is 0.00835. The maximum absolute atomic E-state index is 13.0. The van der Waals surface area contributed by atoms with E-state index >= 15 is 0 Å². The Morgan fingerprint density at radius 3 is 2.41 bits per heavy atom. The van der Waals surface area contributed by atoms with Crippen molar-refractivity contribution in [1.82, 2.24) is 14.6 Å². The average Bonchev–Trinajstić information content (AvgIpc) is 3.33. The molecule has 2 amide bonds. The molecule has 162 valence electrons. The van der Waals surface area contributed by atoms with Gasteiger partial charge in [-0.2, -0.15) is 4.98 Å². The lowest BCUT2D eigenvalue weighted by molar-refractivity contribution is -0.116. The molecule has 0 saturated heterocycles. The number of Topliss-reactive ketones (excluding diaryl/α,β-unsaturated/α-hetero) is 1. The third-order valence-electron chi connectivity index (χ3n) is 4.58. The molecule has 0 aliphatic heterocycles. The number of hydrogen-bond acceptors (Lipinski definition) is 6. The number of hydrogen-bond donors (Lipinski definition) is 2. The second-order valence-corrected chi connectivity index (χ2v) is 7.82. The molecular formula is C22H18FN5O3S. The van der Waals surface area contributed by atoms with Crippen LogP contribution < -0.4 is 10.6 Å². The van der Waals surface area contributed by atoms with E-state index in [-0.39, 0.29) is 36.4 Å². The predicted molar refractivity (Wildman–Crippen MR) is 119 cm³/mol. The number of anilines is 2. The number of thiazole rings is 1. The first kappa shape index (κ1) is 21.3. The number of ketones is 1. The van der Waals surface area contributed by atoms with Crippen LogP contribution in [0, 0.1) is 5.82 Å². The minimum atomic E-state index is -0.423. The summed E-state index contributed by atoms with van der Waals surface area (Å²) in [7, 11) is 0. The van der Waals surface area contributed by atoms with Crippen molar-refractivity contribution in [3.63, 3.8) is 0 Å². The molecule has 0 aliphatic rings. The number of amides is 2. The predicted octanol–water partition coefficient (Wildman–Crippen LogP) is 4.16. The lowest BCUT2D eigenvalue weighted by atomic mass is 10.1. The topological polar surface area (TPSA) is 105 Å². The van der Waals surface area contributed by atoms with E-state index in [9.17, 15) is 18.8 Å². The molecule has 0 radical (unpaired) electrons. The minimum Gasteiger partial charge on any atom is -0.326 e. The van der Waals surface area contributed by atoms with Crippen molar-refractivity contribution in [2.45, 2.75) is 19.8 Å². The Kier molecular flexibility index (Phi) is 6.04. The zero-order chi connectivity index (χ0) is 22.7. The highest BCUT2D eigenvalue weighted by atomic mass is 32.1. The fourth-order valence-electron chi connectivity index (χ4n) is 3.05. The second kappa shape index (κ2) is 9.06. The maximum Gasteiger partial charge on any atom is 0.250 e. The van der Waals surface area contributed by atoms with E-state index in [0.29, 0.717) is 16.2 Å². The lowest BCUT2D eigenvalue weighted by Crippen LogP contribution is -2.14. The SMILES string of the molecule is CC(=O)Nc1ccc(-c2csc3nc(NC(=O)CCC(=O)c4ccc(F)cc4)nn23)cc1. The van der Waals surface area contributed by atoms with Crippen LogP contribution in [0.15, 0.2) is 53.9 Å². The van der Waals surface area contributed by atoms with Gasteiger partial charge in [-0.15, -0.1) is 16.4 Å². The zero-order valence-corrected chi connectivity index (χ0v) is 17.8. The molecule has 0 spiro atoms. The number of carbonyl (C=O) groups excluding carboxylic acids is 3. The van der Waals surface area contributed by atoms with E-state index < -0.39 is 5.82 Å². The lowest BCUT2D eigenvalue weighted by Gasteiger charge is -2.04. The average molecular weight is 451 g/mol. The number of fused-ring (bicyclic) bond motifs is 1. The van der Waals surface area contributed by atoms with Crippen LogP contribution in [-0.2, 0) is 9.59 Å². The molecular weight excluding hydrogens is 433 g/mol. The molecule has 0 aliphatic carbocycles. The number of rotatable bonds is 7. The molecule has 0 saturated carbocycles. The molecule has 8 nitrogen and oxygen atoms in total. The highest BCUT2D eigenvalue weighted by molar-refractivity contribution is 7.15. The quantitative estimate of drug-likeness (QED) is 0.411. The molecule has 10 heteroatoms. The van der Waals surface area contributed by atoms with Crippen molar-refractivity contribution in [2.75, 3.05) is 10.6 Å². The van der Waals surface area contributed by atoms with Crippen LogP contribution in [-0.4, -0.2) is 32.2 Å².